The Morgan fingerprint density at radius 3 is 2.60 bits per heavy atom. The van der Waals surface area contributed by atoms with Gasteiger partial charge < -0.3 is 15.0 Å². The SMILES string of the molecule is CCc1cc(N(CC)CC)nc(SCc2ccc(C(=O)NC[C@H]3CCCO3)cc2)n1. The van der Waals surface area contributed by atoms with E-state index < -0.39 is 0 Å². The summed E-state index contributed by atoms with van der Waals surface area (Å²) in [5.74, 6) is 1.71. The lowest BCUT2D eigenvalue weighted by Gasteiger charge is -2.20. The maximum Gasteiger partial charge on any atom is 0.251 e. The van der Waals surface area contributed by atoms with E-state index in [-0.39, 0.29) is 12.0 Å². The van der Waals surface area contributed by atoms with E-state index in [0.717, 1.165) is 66.9 Å². The molecule has 2 heterocycles. The Labute approximate surface area is 183 Å². The Morgan fingerprint density at radius 1 is 1.20 bits per heavy atom. The van der Waals surface area contributed by atoms with Gasteiger partial charge in [-0.1, -0.05) is 30.8 Å². The van der Waals surface area contributed by atoms with Crippen LogP contribution in [0.15, 0.2) is 35.5 Å². The number of benzene rings is 1. The van der Waals surface area contributed by atoms with Gasteiger partial charge in [0.1, 0.15) is 5.82 Å². The fraction of sp³-hybridized carbons (Fsp3) is 0.522. The molecule has 0 radical (unpaired) electrons. The lowest BCUT2D eigenvalue weighted by molar-refractivity contribution is 0.0858. The largest absolute Gasteiger partial charge is 0.376 e. The number of thioether (sulfide) groups is 1. The first-order valence-corrected chi connectivity index (χ1v) is 11.9. The molecule has 0 saturated carbocycles. The first-order valence-electron chi connectivity index (χ1n) is 10.9. The van der Waals surface area contributed by atoms with E-state index in [0.29, 0.717) is 12.1 Å². The second kappa shape index (κ2) is 11.3. The van der Waals surface area contributed by atoms with Crippen LogP contribution in [0.3, 0.4) is 0 Å². The normalized spacial score (nSPS) is 15.9. The van der Waals surface area contributed by atoms with Gasteiger partial charge >= 0.3 is 0 Å². The third-order valence-corrected chi connectivity index (χ3v) is 6.21. The van der Waals surface area contributed by atoms with E-state index >= 15 is 0 Å². The zero-order chi connectivity index (χ0) is 21.3. The van der Waals surface area contributed by atoms with Gasteiger partial charge in [-0.3, -0.25) is 4.79 Å². The van der Waals surface area contributed by atoms with E-state index in [2.05, 4.69) is 42.0 Å². The number of aromatic nitrogens is 2. The fourth-order valence-corrected chi connectivity index (χ4v) is 4.26. The van der Waals surface area contributed by atoms with Gasteiger partial charge in [0.15, 0.2) is 5.16 Å². The van der Waals surface area contributed by atoms with Gasteiger partial charge in [-0.15, -0.1) is 0 Å². The van der Waals surface area contributed by atoms with Gasteiger partial charge in [0.05, 0.1) is 6.10 Å². The lowest BCUT2D eigenvalue weighted by Crippen LogP contribution is -2.31. The van der Waals surface area contributed by atoms with Crippen molar-refractivity contribution in [2.45, 2.75) is 57.0 Å². The molecule has 6 nitrogen and oxygen atoms in total. The van der Waals surface area contributed by atoms with Crippen molar-refractivity contribution in [3.63, 3.8) is 0 Å². The molecule has 1 saturated heterocycles. The number of carbonyl (C=O) groups is 1. The number of hydrogen-bond donors (Lipinski definition) is 1. The van der Waals surface area contributed by atoms with Gasteiger partial charge in [0.25, 0.3) is 5.91 Å². The summed E-state index contributed by atoms with van der Waals surface area (Å²) in [6.07, 6.45) is 3.15. The summed E-state index contributed by atoms with van der Waals surface area (Å²) in [4.78, 5) is 24.0. The zero-order valence-electron chi connectivity index (χ0n) is 18.2. The lowest BCUT2D eigenvalue weighted by atomic mass is 10.1. The highest BCUT2D eigenvalue weighted by atomic mass is 32.2. The number of amides is 1. The third kappa shape index (κ3) is 6.19. The first kappa shape index (κ1) is 22.6. The van der Waals surface area contributed by atoms with Gasteiger partial charge in [-0.25, -0.2) is 9.97 Å². The number of carbonyl (C=O) groups excluding carboxylic acids is 1. The highest BCUT2D eigenvalue weighted by molar-refractivity contribution is 7.98. The Hall–Kier alpha value is -2.12. The van der Waals surface area contributed by atoms with Crippen molar-refractivity contribution in [2.75, 3.05) is 31.1 Å². The molecule has 3 rings (SSSR count). The number of anilines is 1. The summed E-state index contributed by atoms with van der Waals surface area (Å²) in [5, 5.41) is 3.77. The van der Waals surface area contributed by atoms with E-state index in [1.165, 1.54) is 0 Å². The van der Waals surface area contributed by atoms with Crippen molar-refractivity contribution in [1.82, 2.24) is 15.3 Å². The van der Waals surface area contributed by atoms with E-state index in [1.807, 2.05) is 24.3 Å². The van der Waals surface area contributed by atoms with Crippen LogP contribution in [0.2, 0.25) is 0 Å². The molecular weight excluding hydrogens is 396 g/mol. The molecule has 0 spiro atoms. The minimum absolute atomic E-state index is 0.0486. The quantitative estimate of drug-likeness (QED) is 0.454. The van der Waals surface area contributed by atoms with Crippen molar-refractivity contribution in [3.8, 4) is 0 Å². The third-order valence-electron chi connectivity index (χ3n) is 5.29. The fourth-order valence-electron chi connectivity index (χ4n) is 3.43. The van der Waals surface area contributed by atoms with Crippen LogP contribution in [-0.2, 0) is 16.9 Å². The minimum atomic E-state index is -0.0486. The molecule has 0 aliphatic carbocycles. The molecule has 1 aromatic heterocycles. The van der Waals surface area contributed by atoms with E-state index in [1.54, 1.807) is 11.8 Å². The Kier molecular flexibility index (Phi) is 8.51. The summed E-state index contributed by atoms with van der Waals surface area (Å²) >= 11 is 1.63. The molecular formula is C23H32N4O2S. The minimum Gasteiger partial charge on any atom is -0.376 e. The number of ether oxygens (including phenoxy) is 1. The van der Waals surface area contributed by atoms with Crippen LogP contribution < -0.4 is 10.2 Å². The Morgan fingerprint density at radius 2 is 1.97 bits per heavy atom. The molecule has 1 aromatic carbocycles. The summed E-state index contributed by atoms with van der Waals surface area (Å²) in [5.41, 5.74) is 2.88. The number of hydrogen-bond acceptors (Lipinski definition) is 6. The number of aryl methyl sites for hydroxylation is 1. The number of nitrogens with zero attached hydrogens (tertiary/aromatic N) is 3. The highest BCUT2D eigenvalue weighted by Gasteiger charge is 2.16. The van der Waals surface area contributed by atoms with Gasteiger partial charge in [-0.05, 0) is 50.8 Å². The molecule has 0 unspecified atom stereocenters. The molecule has 1 aliphatic rings. The van der Waals surface area contributed by atoms with Crippen LogP contribution in [0.1, 0.15) is 55.2 Å². The van der Waals surface area contributed by atoms with Crippen molar-refractivity contribution < 1.29 is 9.53 Å². The van der Waals surface area contributed by atoms with Crippen LogP contribution in [-0.4, -0.2) is 48.2 Å². The van der Waals surface area contributed by atoms with Crippen molar-refractivity contribution in [2.24, 2.45) is 0 Å². The predicted octanol–water partition coefficient (Wildman–Crippen LogP) is 4.09. The second-order valence-corrected chi connectivity index (χ2v) is 8.30. The summed E-state index contributed by atoms with van der Waals surface area (Å²) in [6, 6.07) is 9.85. The summed E-state index contributed by atoms with van der Waals surface area (Å²) < 4.78 is 5.55. The maximum atomic E-state index is 12.3. The average molecular weight is 429 g/mol. The molecule has 1 aliphatic heterocycles. The molecule has 0 bridgehead atoms. The van der Waals surface area contributed by atoms with Crippen molar-refractivity contribution in [3.05, 3.63) is 47.2 Å². The first-order chi connectivity index (χ1) is 14.6. The van der Waals surface area contributed by atoms with Crippen LogP contribution in [0.5, 0.6) is 0 Å². The van der Waals surface area contributed by atoms with E-state index in [9.17, 15) is 4.79 Å². The van der Waals surface area contributed by atoms with Crippen LogP contribution >= 0.6 is 11.8 Å². The molecule has 1 amide bonds. The molecule has 2 aromatic rings. The molecule has 1 atom stereocenters. The smallest absolute Gasteiger partial charge is 0.251 e. The summed E-state index contributed by atoms with van der Waals surface area (Å²) in [7, 11) is 0. The van der Waals surface area contributed by atoms with E-state index in [4.69, 9.17) is 9.72 Å². The molecule has 1 fully saturated rings. The highest BCUT2D eigenvalue weighted by Crippen LogP contribution is 2.23. The van der Waals surface area contributed by atoms with Crippen LogP contribution in [0.25, 0.3) is 0 Å². The van der Waals surface area contributed by atoms with Gasteiger partial charge in [0.2, 0.25) is 0 Å². The maximum absolute atomic E-state index is 12.3. The Bertz CT molecular complexity index is 818. The standard InChI is InChI=1S/C23H32N4O2S/c1-4-19-14-21(27(5-2)6-3)26-23(25-19)30-16-17-9-11-18(12-10-17)22(28)24-15-20-8-7-13-29-20/h9-12,14,20H,4-8,13,15-16H2,1-3H3,(H,24,28)/t20-/m1/s1. The van der Waals surface area contributed by atoms with Gasteiger partial charge in [0, 0.05) is 49.3 Å². The Balaban J connectivity index is 1.57. The number of rotatable bonds is 10. The zero-order valence-corrected chi connectivity index (χ0v) is 19.0. The monoisotopic (exact) mass is 428 g/mol. The predicted molar refractivity (Wildman–Crippen MR) is 122 cm³/mol. The van der Waals surface area contributed by atoms with Crippen molar-refractivity contribution in [1.29, 1.82) is 0 Å². The van der Waals surface area contributed by atoms with Crippen LogP contribution in [0, 0.1) is 0 Å². The molecule has 162 valence electrons. The van der Waals surface area contributed by atoms with Crippen LogP contribution in [0.4, 0.5) is 5.82 Å². The molecule has 1 N–H and O–H groups in total. The van der Waals surface area contributed by atoms with Gasteiger partial charge in [-0.2, -0.15) is 0 Å². The number of nitrogens with one attached hydrogen (secondary N) is 1. The second-order valence-electron chi connectivity index (χ2n) is 7.36. The average Bonchev–Trinajstić information content (AvgIpc) is 3.31. The molecule has 30 heavy (non-hydrogen) atoms. The summed E-state index contributed by atoms with van der Waals surface area (Å²) in [6.45, 7) is 9.63. The molecule has 7 heteroatoms. The van der Waals surface area contributed by atoms with Crippen molar-refractivity contribution >= 4 is 23.5 Å². The topological polar surface area (TPSA) is 67.4 Å².